The number of ether oxygens (including phenoxy) is 3. The molecule has 3 aromatic rings. The first-order chi connectivity index (χ1) is 14.1. The average molecular weight is 394 g/mol. The van der Waals surface area contributed by atoms with Gasteiger partial charge in [-0.2, -0.15) is 0 Å². The minimum Gasteiger partial charge on any atom is -0.495 e. The summed E-state index contributed by atoms with van der Waals surface area (Å²) in [5.74, 6) is 2.08. The molecule has 0 saturated heterocycles. The van der Waals surface area contributed by atoms with E-state index in [0.29, 0.717) is 35.3 Å². The number of carbonyl (C=O) groups is 1. The van der Waals surface area contributed by atoms with Crippen molar-refractivity contribution in [1.29, 1.82) is 0 Å². The van der Waals surface area contributed by atoms with Crippen molar-refractivity contribution in [2.45, 2.75) is 6.54 Å². The fraction of sp³-hybridized carbons (Fsp3) is 0.190. The van der Waals surface area contributed by atoms with Gasteiger partial charge in [0.05, 0.1) is 39.4 Å². The molecule has 0 unspecified atom stereocenters. The van der Waals surface area contributed by atoms with E-state index in [1.807, 2.05) is 30.3 Å². The maximum atomic E-state index is 12.4. The minimum absolute atomic E-state index is 0.201. The van der Waals surface area contributed by atoms with E-state index in [1.54, 1.807) is 33.5 Å². The molecule has 0 radical (unpaired) electrons. The molecule has 2 N–H and O–H groups in total. The van der Waals surface area contributed by atoms with Crippen molar-refractivity contribution in [3.8, 4) is 17.2 Å². The molecule has 150 valence electrons. The maximum Gasteiger partial charge on any atom is 0.275 e. The Labute approximate surface area is 168 Å². The number of para-hydroxylation sites is 2. The lowest BCUT2D eigenvalue weighted by molar-refractivity contribution is 0.102. The number of amides is 1. The van der Waals surface area contributed by atoms with Crippen LogP contribution in [0.4, 0.5) is 11.5 Å². The van der Waals surface area contributed by atoms with Crippen LogP contribution in [-0.4, -0.2) is 37.2 Å². The lowest BCUT2D eigenvalue weighted by Gasteiger charge is -2.11. The summed E-state index contributed by atoms with van der Waals surface area (Å²) in [5, 5.41) is 5.93. The zero-order valence-corrected chi connectivity index (χ0v) is 16.4. The van der Waals surface area contributed by atoms with Gasteiger partial charge >= 0.3 is 0 Å². The molecule has 0 aliphatic carbocycles. The molecule has 0 aliphatic heterocycles. The molecule has 0 fully saturated rings. The molecule has 0 spiro atoms. The van der Waals surface area contributed by atoms with Gasteiger partial charge in [-0.25, -0.2) is 9.97 Å². The summed E-state index contributed by atoms with van der Waals surface area (Å²) in [5.41, 5.74) is 1.76. The van der Waals surface area contributed by atoms with Crippen LogP contribution in [0.15, 0.2) is 54.9 Å². The molecule has 1 aromatic heterocycles. The van der Waals surface area contributed by atoms with Gasteiger partial charge in [-0.3, -0.25) is 4.79 Å². The lowest BCUT2D eigenvalue weighted by atomic mass is 10.2. The molecule has 2 aromatic carbocycles. The smallest absolute Gasteiger partial charge is 0.275 e. The highest BCUT2D eigenvalue weighted by Crippen LogP contribution is 2.27. The van der Waals surface area contributed by atoms with E-state index in [4.69, 9.17) is 14.2 Å². The molecular weight excluding hydrogens is 372 g/mol. The summed E-state index contributed by atoms with van der Waals surface area (Å²) >= 11 is 0. The number of hydrogen-bond acceptors (Lipinski definition) is 7. The Hall–Kier alpha value is -3.81. The molecular formula is C21H22N4O4. The molecule has 29 heavy (non-hydrogen) atoms. The molecule has 0 bridgehead atoms. The number of methoxy groups -OCH3 is 3. The van der Waals surface area contributed by atoms with E-state index in [0.717, 1.165) is 5.56 Å². The van der Waals surface area contributed by atoms with Gasteiger partial charge in [0.1, 0.15) is 17.3 Å². The van der Waals surface area contributed by atoms with Crippen molar-refractivity contribution in [2.24, 2.45) is 0 Å². The fourth-order valence-electron chi connectivity index (χ4n) is 2.65. The molecule has 1 heterocycles. The highest BCUT2D eigenvalue weighted by Gasteiger charge is 2.11. The average Bonchev–Trinajstić information content (AvgIpc) is 2.78. The largest absolute Gasteiger partial charge is 0.495 e. The molecule has 8 heteroatoms. The summed E-state index contributed by atoms with van der Waals surface area (Å²) in [6.07, 6.45) is 2.93. The molecule has 8 nitrogen and oxygen atoms in total. The van der Waals surface area contributed by atoms with Crippen molar-refractivity contribution in [3.63, 3.8) is 0 Å². The molecule has 3 rings (SSSR count). The Balaban J connectivity index is 1.62. The molecule has 0 aliphatic rings. The van der Waals surface area contributed by atoms with Gasteiger partial charge in [-0.05, 0) is 29.8 Å². The van der Waals surface area contributed by atoms with E-state index < -0.39 is 0 Å². The highest BCUT2D eigenvalue weighted by atomic mass is 16.5. The summed E-state index contributed by atoms with van der Waals surface area (Å²) in [4.78, 5) is 20.8. The zero-order valence-electron chi connectivity index (χ0n) is 16.4. The van der Waals surface area contributed by atoms with Crippen molar-refractivity contribution in [2.75, 3.05) is 32.0 Å². The third-order valence-electron chi connectivity index (χ3n) is 4.16. The third kappa shape index (κ3) is 4.92. The predicted octanol–water partition coefficient (Wildman–Crippen LogP) is 3.37. The van der Waals surface area contributed by atoms with E-state index in [2.05, 4.69) is 20.6 Å². The first kappa shape index (κ1) is 19.9. The second kappa shape index (κ2) is 9.41. The van der Waals surface area contributed by atoms with Gasteiger partial charge in [0, 0.05) is 6.54 Å². The molecule has 1 amide bonds. The predicted molar refractivity (Wildman–Crippen MR) is 110 cm³/mol. The Morgan fingerprint density at radius 3 is 2.34 bits per heavy atom. The third-order valence-corrected chi connectivity index (χ3v) is 4.16. The monoisotopic (exact) mass is 394 g/mol. The van der Waals surface area contributed by atoms with Gasteiger partial charge < -0.3 is 24.8 Å². The number of benzene rings is 2. The van der Waals surface area contributed by atoms with Gasteiger partial charge in [-0.1, -0.05) is 18.2 Å². The number of nitrogens with zero attached hydrogens (tertiary/aromatic N) is 2. The minimum atomic E-state index is -0.367. The normalized spacial score (nSPS) is 10.2. The Kier molecular flexibility index (Phi) is 6.47. The zero-order chi connectivity index (χ0) is 20.6. The standard InChI is InChI=1S/C21H22N4O4/c1-27-17-7-5-4-6-15(17)25-21(26)16-12-24-20(13-22-16)23-11-14-8-9-18(28-2)19(10-14)29-3/h4-10,12-13H,11H2,1-3H3,(H,23,24)(H,25,26). The summed E-state index contributed by atoms with van der Waals surface area (Å²) in [7, 11) is 4.73. The number of rotatable bonds is 8. The summed E-state index contributed by atoms with van der Waals surface area (Å²) < 4.78 is 15.8. The second-order valence-corrected chi connectivity index (χ2v) is 5.98. The molecule has 0 atom stereocenters. The van der Waals surface area contributed by atoms with Crippen LogP contribution in [0.2, 0.25) is 0 Å². The van der Waals surface area contributed by atoms with Gasteiger partial charge in [0.2, 0.25) is 0 Å². The van der Waals surface area contributed by atoms with E-state index in [-0.39, 0.29) is 11.6 Å². The van der Waals surface area contributed by atoms with Crippen LogP contribution >= 0.6 is 0 Å². The van der Waals surface area contributed by atoms with Crippen LogP contribution in [0.25, 0.3) is 0 Å². The van der Waals surface area contributed by atoms with Crippen LogP contribution in [0.1, 0.15) is 16.1 Å². The SMILES string of the molecule is COc1ccccc1NC(=O)c1cnc(NCc2ccc(OC)c(OC)c2)cn1. The highest BCUT2D eigenvalue weighted by molar-refractivity contribution is 6.03. The Morgan fingerprint density at radius 1 is 0.897 bits per heavy atom. The second-order valence-electron chi connectivity index (χ2n) is 5.98. The summed E-state index contributed by atoms with van der Waals surface area (Å²) in [6, 6.07) is 12.8. The van der Waals surface area contributed by atoms with E-state index in [1.165, 1.54) is 12.4 Å². The Bertz CT molecular complexity index is 977. The van der Waals surface area contributed by atoms with Crippen molar-refractivity contribution in [1.82, 2.24) is 9.97 Å². The Morgan fingerprint density at radius 2 is 1.66 bits per heavy atom. The van der Waals surface area contributed by atoms with Crippen molar-refractivity contribution in [3.05, 3.63) is 66.1 Å². The van der Waals surface area contributed by atoms with Crippen LogP contribution < -0.4 is 24.8 Å². The quantitative estimate of drug-likeness (QED) is 0.605. The van der Waals surface area contributed by atoms with Crippen LogP contribution in [0, 0.1) is 0 Å². The first-order valence-electron chi connectivity index (χ1n) is 8.85. The van der Waals surface area contributed by atoms with Gasteiger partial charge in [0.25, 0.3) is 5.91 Å². The van der Waals surface area contributed by atoms with Crippen LogP contribution in [0.3, 0.4) is 0 Å². The summed E-state index contributed by atoms with van der Waals surface area (Å²) in [6.45, 7) is 0.516. The van der Waals surface area contributed by atoms with E-state index >= 15 is 0 Å². The number of anilines is 2. The van der Waals surface area contributed by atoms with E-state index in [9.17, 15) is 4.79 Å². The van der Waals surface area contributed by atoms with Crippen molar-refractivity contribution >= 4 is 17.4 Å². The van der Waals surface area contributed by atoms with Gasteiger partial charge in [0.15, 0.2) is 11.5 Å². The number of nitrogens with one attached hydrogen (secondary N) is 2. The van der Waals surface area contributed by atoms with Crippen molar-refractivity contribution < 1.29 is 19.0 Å². The van der Waals surface area contributed by atoms with Crippen LogP contribution in [0.5, 0.6) is 17.2 Å². The topological polar surface area (TPSA) is 94.6 Å². The number of hydrogen-bond donors (Lipinski definition) is 2. The lowest BCUT2D eigenvalue weighted by Crippen LogP contribution is -2.15. The first-order valence-corrected chi connectivity index (χ1v) is 8.85. The number of aromatic nitrogens is 2. The maximum absolute atomic E-state index is 12.4. The van der Waals surface area contributed by atoms with Gasteiger partial charge in [-0.15, -0.1) is 0 Å². The molecule has 0 saturated carbocycles. The fourth-order valence-corrected chi connectivity index (χ4v) is 2.65. The number of carbonyl (C=O) groups excluding carboxylic acids is 1. The van der Waals surface area contributed by atoms with Crippen LogP contribution in [-0.2, 0) is 6.54 Å².